The second-order valence-corrected chi connectivity index (χ2v) is 3.03. The van der Waals surface area contributed by atoms with Crippen molar-refractivity contribution in [3.8, 4) is 0 Å². The molecule has 2 aromatic rings. The molecule has 0 radical (unpaired) electrons. The number of imidazole rings is 1. The number of aromatic nitrogens is 4. The lowest BCUT2D eigenvalue weighted by atomic mass is 10.5. The second-order valence-electron chi connectivity index (χ2n) is 2.64. The Morgan fingerprint density at radius 1 is 1.58 bits per heavy atom. The van der Waals surface area contributed by atoms with E-state index < -0.39 is 0 Å². The molecule has 0 aliphatic carbocycles. The van der Waals surface area contributed by atoms with Crippen molar-refractivity contribution in [1.82, 2.24) is 19.5 Å². The van der Waals surface area contributed by atoms with Crippen molar-refractivity contribution < 1.29 is 0 Å². The van der Waals surface area contributed by atoms with Gasteiger partial charge < -0.3 is 9.55 Å². The normalized spacial score (nSPS) is 10.8. The smallest absolute Gasteiger partial charge is 0.179 e. The number of aromatic amines is 1. The van der Waals surface area contributed by atoms with Crippen LogP contribution in [0.2, 0.25) is 0 Å². The molecule has 0 aliphatic rings. The maximum atomic E-state index is 5.04. The average Bonchev–Trinajstić information content (AvgIpc) is 2.31. The van der Waals surface area contributed by atoms with Crippen LogP contribution in [0, 0.1) is 11.7 Å². The summed E-state index contributed by atoms with van der Waals surface area (Å²) in [5, 5.41) is 0. The van der Waals surface area contributed by atoms with Crippen LogP contribution in [-0.4, -0.2) is 19.5 Å². The molecule has 0 aliphatic heterocycles. The number of H-pyrrole nitrogens is 1. The summed E-state index contributed by atoms with van der Waals surface area (Å²) in [6.45, 7) is 1.86. The van der Waals surface area contributed by atoms with Crippen LogP contribution in [-0.2, 0) is 7.05 Å². The lowest BCUT2D eigenvalue weighted by Gasteiger charge is -1.93. The van der Waals surface area contributed by atoms with E-state index in [1.165, 1.54) is 0 Å². The molecule has 0 saturated heterocycles. The summed E-state index contributed by atoms with van der Waals surface area (Å²) in [4.78, 5) is 11.3. The zero-order chi connectivity index (χ0) is 8.72. The van der Waals surface area contributed by atoms with E-state index >= 15 is 0 Å². The molecule has 2 aromatic heterocycles. The van der Waals surface area contributed by atoms with Gasteiger partial charge in [-0.15, -0.1) is 0 Å². The van der Waals surface area contributed by atoms with E-state index in [1.807, 2.05) is 18.5 Å². The molecule has 2 heterocycles. The largest absolute Gasteiger partial charge is 0.328 e. The van der Waals surface area contributed by atoms with Crippen LogP contribution < -0.4 is 0 Å². The van der Waals surface area contributed by atoms with Crippen LogP contribution in [0.15, 0.2) is 6.20 Å². The van der Waals surface area contributed by atoms with Gasteiger partial charge in [0.1, 0.15) is 11.3 Å². The first kappa shape index (κ1) is 7.42. The molecule has 1 N–H and O–H groups in total. The van der Waals surface area contributed by atoms with Crippen LogP contribution in [0.25, 0.3) is 11.2 Å². The Hall–Kier alpha value is -1.23. The van der Waals surface area contributed by atoms with Crippen molar-refractivity contribution in [2.24, 2.45) is 7.05 Å². The highest BCUT2D eigenvalue weighted by Gasteiger charge is 2.01. The van der Waals surface area contributed by atoms with Crippen molar-refractivity contribution in [1.29, 1.82) is 0 Å². The van der Waals surface area contributed by atoms with Crippen LogP contribution >= 0.6 is 12.2 Å². The minimum Gasteiger partial charge on any atom is -0.328 e. The highest BCUT2D eigenvalue weighted by atomic mass is 32.1. The number of rotatable bonds is 0. The zero-order valence-corrected chi connectivity index (χ0v) is 7.64. The Bertz CT molecular complexity index is 482. The zero-order valence-electron chi connectivity index (χ0n) is 6.83. The fraction of sp³-hybridized carbons (Fsp3) is 0.286. The first-order chi connectivity index (χ1) is 5.68. The summed E-state index contributed by atoms with van der Waals surface area (Å²) in [6, 6.07) is 0. The molecule has 4 nitrogen and oxygen atoms in total. The second kappa shape index (κ2) is 2.38. The number of hydrogen-bond donors (Lipinski definition) is 1. The van der Waals surface area contributed by atoms with E-state index in [1.54, 1.807) is 6.20 Å². The minimum absolute atomic E-state index is 0.671. The monoisotopic (exact) mass is 180 g/mol. The molecule has 12 heavy (non-hydrogen) atoms. The van der Waals surface area contributed by atoms with Crippen LogP contribution in [0.3, 0.4) is 0 Å². The quantitative estimate of drug-likeness (QED) is 0.622. The first-order valence-electron chi connectivity index (χ1n) is 3.57. The predicted octanol–water partition coefficient (Wildman–Crippen LogP) is 1.33. The summed E-state index contributed by atoms with van der Waals surface area (Å²) in [5.41, 5.74) is 1.74. The van der Waals surface area contributed by atoms with Gasteiger partial charge >= 0.3 is 0 Å². The Kier molecular flexibility index (Phi) is 1.47. The number of fused-ring (bicyclic) bond motifs is 1. The molecule has 0 saturated carbocycles. The van der Waals surface area contributed by atoms with E-state index in [4.69, 9.17) is 12.2 Å². The lowest BCUT2D eigenvalue weighted by Crippen LogP contribution is -1.92. The number of aryl methyl sites for hydroxylation is 2. The Balaban J connectivity index is 2.98. The number of nitrogens with zero attached hydrogens (tertiary/aromatic N) is 3. The van der Waals surface area contributed by atoms with Crippen molar-refractivity contribution in [3.05, 3.63) is 16.8 Å². The van der Waals surface area contributed by atoms with Crippen LogP contribution in [0.4, 0.5) is 0 Å². The van der Waals surface area contributed by atoms with E-state index in [9.17, 15) is 0 Å². The third-order valence-electron chi connectivity index (χ3n) is 1.75. The summed E-state index contributed by atoms with van der Waals surface area (Å²) >= 11 is 5.04. The highest BCUT2D eigenvalue weighted by Crippen LogP contribution is 2.07. The molecule has 0 spiro atoms. The molecule has 0 aromatic carbocycles. The van der Waals surface area contributed by atoms with Crippen molar-refractivity contribution in [3.63, 3.8) is 0 Å². The first-order valence-corrected chi connectivity index (χ1v) is 3.97. The Morgan fingerprint density at radius 3 is 3.08 bits per heavy atom. The molecular formula is C7H8N4S. The number of nitrogens with one attached hydrogen (secondary N) is 1. The van der Waals surface area contributed by atoms with Gasteiger partial charge in [0.2, 0.25) is 0 Å². The predicted molar refractivity (Wildman–Crippen MR) is 48.4 cm³/mol. The third-order valence-corrected chi connectivity index (χ3v) is 2.13. The van der Waals surface area contributed by atoms with E-state index in [0.717, 1.165) is 17.0 Å². The number of hydrogen-bond acceptors (Lipinski definition) is 3. The van der Waals surface area contributed by atoms with Gasteiger partial charge in [-0.2, -0.15) is 0 Å². The van der Waals surface area contributed by atoms with Gasteiger partial charge in [-0.3, -0.25) is 0 Å². The summed E-state index contributed by atoms with van der Waals surface area (Å²) in [5.74, 6) is 0.757. The van der Waals surface area contributed by atoms with Crippen LogP contribution in [0.5, 0.6) is 0 Å². The molecule has 0 bridgehead atoms. The average molecular weight is 180 g/mol. The van der Waals surface area contributed by atoms with Gasteiger partial charge in [0.15, 0.2) is 10.4 Å². The Labute approximate surface area is 74.3 Å². The van der Waals surface area contributed by atoms with Gasteiger partial charge in [0, 0.05) is 7.05 Å². The summed E-state index contributed by atoms with van der Waals surface area (Å²) < 4.78 is 2.50. The van der Waals surface area contributed by atoms with Crippen LogP contribution in [0.1, 0.15) is 5.82 Å². The molecule has 62 valence electrons. The third kappa shape index (κ3) is 0.937. The van der Waals surface area contributed by atoms with Gasteiger partial charge in [-0.05, 0) is 19.1 Å². The SMILES string of the molecule is Cc1ncc2[nH]c(=S)n(C)c2n1. The van der Waals surface area contributed by atoms with Gasteiger partial charge in [-0.1, -0.05) is 0 Å². The maximum absolute atomic E-state index is 5.04. The lowest BCUT2D eigenvalue weighted by molar-refractivity contribution is 0.903. The van der Waals surface area contributed by atoms with Crippen molar-refractivity contribution >= 4 is 23.4 Å². The topological polar surface area (TPSA) is 46.5 Å². The van der Waals surface area contributed by atoms with Gasteiger partial charge in [0.25, 0.3) is 0 Å². The molecule has 0 amide bonds. The standard InChI is InChI=1S/C7H8N4S/c1-4-8-3-5-6(9-4)11(2)7(12)10-5/h3H,1-2H3,(H,10,12). The Morgan fingerprint density at radius 2 is 2.33 bits per heavy atom. The molecular weight excluding hydrogens is 172 g/mol. The molecule has 0 fully saturated rings. The minimum atomic E-state index is 0.671. The molecule has 0 atom stereocenters. The molecule has 0 unspecified atom stereocenters. The van der Waals surface area contributed by atoms with Gasteiger partial charge in [0.05, 0.1) is 6.20 Å². The maximum Gasteiger partial charge on any atom is 0.179 e. The van der Waals surface area contributed by atoms with E-state index in [2.05, 4.69) is 15.0 Å². The van der Waals surface area contributed by atoms with E-state index in [-0.39, 0.29) is 0 Å². The highest BCUT2D eigenvalue weighted by molar-refractivity contribution is 7.71. The van der Waals surface area contributed by atoms with Gasteiger partial charge in [-0.25, -0.2) is 9.97 Å². The molecule has 2 rings (SSSR count). The van der Waals surface area contributed by atoms with Crippen molar-refractivity contribution in [2.75, 3.05) is 0 Å². The molecule has 5 heteroatoms. The fourth-order valence-electron chi connectivity index (χ4n) is 1.10. The van der Waals surface area contributed by atoms with E-state index in [0.29, 0.717) is 4.77 Å². The van der Waals surface area contributed by atoms with Crippen molar-refractivity contribution in [2.45, 2.75) is 6.92 Å². The fourth-order valence-corrected chi connectivity index (χ4v) is 1.29. The summed E-state index contributed by atoms with van der Waals surface area (Å²) in [7, 11) is 1.88. The summed E-state index contributed by atoms with van der Waals surface area (Å²) in [6.07, 6.45) is 1.74.